The second kappa shape index (κ2) is 14.1. The first-order chi connectivity index (χ1) is 12.0. The number of benzene rings is 1. The number of nitrogens with one attached hydrogen (secondary N) is 2. The van der Waals surface area contributed by atoms with Crippen LogP contribution >= 0.6 is 24.0 Å². The Kier molecular flexibility index (Phi) is 13.5. The Morgan fingerprint density at radius 1 is 1.12 bits per heavy atom. The lowest BCUT2D eigenvalue weighted by atomic mass is 10.1. The van der Waals surface area contributed by atoms with Crippen molar-refractivity contribution in [1.29, 1.82) is 0 Å². The largest absolute Gasteiger partial charge is 0.497 e. The molecule has 0 aliphatic carbocycles. The van der Waals surface area contributed by atoms with E-state index >= 15 is 0 Å². The van der Waals surface area contributed by atoms with Crippen molar-refractivity contribution in [3.63, 3.8) is 0 Å². The van der Waals surface area contributed by atoms with Crippen LogP contribution < -0.4 is 15.4 Å². The molecule has 0 aromatic heterocycles. The Balaban J connectivity index is 0.00000625. The Hall–Kier alpha value is -1.06. The van der Waals surface area contributed by atoms with Gasteiger partial charge in [-0.2, -0.15) is 0 Å². The summed E-state index contributed by atoms with van der Waals surface area (Å²) in [6, 6.07) is 7.94. The van der Waals surface area contributed by atoms with Crippen LogP contribution in [0.4, 0.5) is 0 Å². The van der Waals surface area contributed by atoms with E-state index in [1.54, 1.807) is 14.2 Å². The van der Waals surface area contributed by atoms with E-state index in [1.165, 1.54) is 0 Å². The molecule has 26 heavy (non-hydrogen) atoms. The average Bonchev–Trinajstić information content (AvgIpc) is 2.63. The van der Waals surface area contributed by atoms with Crippen LogP contribution in [0.2, 0.25) is 0 Å². The van der Waals surface area contributed by atoms with Gasteiger partial charge in [-0.1, -0.05) is 12.1 Å². The maximum absolute atomic E-state index is 5.45. The second-order valence-corrected chi connectivity index (χ2v) is 6.31. The molecule has 0 aliphatic rings. The third-order valence-corrected chi connectivity index (χ3v) is 3.77. The lowest BCUT2D eigenvalue weighted by Crippen LogP contribution is -2.45. The minimum Gasteiger partial charge on any atom is -0.497 e. The maximum Gasteiger partial charge on any atom is 0.191 e. The van der Waals surface area contributed by atoms with Gasteiger partial charge in [0, 0.05) is 33.4 Å². The summed E-state index contributed by atoms with van der Waals surface area (Å²) in [6.45, 7) is 9.65. The first-order valence-corrected chi connectivity index (χ1v) is 8.78. The molecule has 0 fully saturated rings. The van der Waals surface area contributed by atoms with E-state index < -0.39 is 0 Å². The van der Waals surface area contributed by atoms with Crippen molar-refractivity contribution in [3.05, 3.63) is 29.8 Å². The highest BCUT2D eigenvalue weighted by molar-refractivity contribution is 14.0. The zero-order valence-corrected chi connectivity index (χ0v) is 19.0. The van der Waals surface area contributed by atoms with Crippen LogP contribution in [0.15, 0.2) is 29.3 Å². The van der Waals surface area contributed by atoms with Crippen molar-refractivity contribution in [2.45, 2.75) is 39.3 Å². The minimum absolute atomic E-state index is 0. The monoisotopic (exact) mass is 479 g/mol. The number of hydrogen-bond acceptors (Lipinski definition) is 4. The van der Waals surface area contributed by atoms with E-state index in [1.807, 2.05) is 45.0 Å². The summed E-state index contributed by atoms with van der Waals surface area (Å²) in [6.07, 6.45) is 0.935. The predicted octanol–water partition coefficient (Wildman–Crippen LogP) is 3.20. The van der Waals surface area contributed by atoms with Crippen LogP contribution in [-0.2, 0) is 16.0 Å². The molecule has 0 heterocycles. The van der Waals surface area contributed by atoms with Gasteiger partial charge >= 0.3 is 0 Å². The standard InChI is InChI=1S/C19H33N3O3.HI/c1-6-25-13-7-12-20-18(22-15-19(2,3)24-5)21-14-16-8-10-17(23-4)11-9-16;/h8-11H,6-7,12-15H2,1-5H3,(H2,20,21,22);1H. The highest BCUT2D eigenvalue weighted by atomic mass is 127. The number of hydrogen-bond donors (Lipinski definition) is 2. The fraction of sp³-hybridized carbons (Fsp3) is 0.632. The number of rotatable bonds is 11. The molecule has 0 aliphatic heterocycles. The quantitative estimate of drug-likeness (QED) is 0.221. The molecule has 1 aromatic rings. The molecule has 0 saturated carbocycles. The Morgan fingerprint density at radius 2 is 1.81 bits per heavy atom. The topological polar surface area (TPSA) is 64.1 Å². The minimum atomic E-state index is -0.256. The molecule has 0 radical (unpaired) electrons. The van der Waals surface area contributed by atoms with Crippen molar-refractivity contribution >= 4 is 29.9 Å². The van der Waals surface area contributed by atoms with E-state index in [2.05, 4.69) is 15.6 Å². The van der Waals surface area contributed by atoms with Gasteiger partial charge in [-0.3, -0.25) is 0 Å². The van der Waals surface area contributed by atoms with Crippen molar-refractivity contribution in [2.75, 3.05) is 40.5 Å². The normalized spacial score (nSPS) is 11.7. The van der Waals surface area contributed by atoms with E-state index in [0.29, 0.717) is 13.1 Å². The average molecular weight is 479 g/mol. The molecule has 1 aromatic carbocycles. The number of methoxy groups -OCH3 is 2. The summed E-state index contributed by atoms with van der Waals surface area (Å²) in [5.74, 6) is 1.62. The zero-order valence-electron chi connectivity index (χ0n) is 16.6. The summed E-state index contributed by atoms with van der Waals surface area (Å²) in [5, 5.41) is 6.69. The maximum atomic E-state index is 5.45. The van der Waals surface area contributed by atoms with Gasteiger partial charge in [0.25, 0.3) is 0 Å². The Bertz CT molecular complexity index is 507. The van der Waals surface area contributed by atoms with Crippen molar-refractivity contribution in [3.8, 4) is 5.75 Å². The summed E-state index contributed by atoms with van der Waals surface area (Å²) in [4.78, 5) is 4.66. The Morgan fingerprint density at radius 3 is 2.38 bits per heavy atom. The molecular weight excluding hydrogens is 445 g/mol. The first-order valence-electron chi connectivity index (χ1n) is 8.78. The summed E-state index contributed by atoms with van der Waals surface area (Å²) in [7, 11) is 3.38. The molecule has 0 amide bonds. The van der Waals surface area contributed by atoms with Crippen LogP contribution in [0.5, 0.6) is 5.75 Å². The number of aliphatic imine (C=N–C) groups is 1. The smallest absolute Gasteiger partial charge is 0.191 e. The first kappa shape index (κ1) is 24.9. The molecule has 0 spiro atoms. The van der Waals surface area contributed by atoms with Gasteiger partial charge in [-0.05, 0) is 44.9 Å². The fourth-order valence-corrected chi connectivity index (χ4v) is 1.97. The number of halogens is 1. The molecule has 150 valence electrons. The zero-order chi connectivity index (χ0) is 18.5. The van der Waals surface area contributed by atoms with Gasteiger partial charge in [-0.25, -0.2) is 4.99 Å². The van der Waals surface area contributed by atoms with Crippen molar-refractivity contribution in [2.24, 2.45) is 4.99 Å². The van der Waals surface area contributed by atoms with Crippen LogP contribution in [0.25, 0.3) is 0 Å². The fourth-order valence-electron chi connectivity index (χ4n) is 1.97. The molecule has 0 bridgehead atoms. The molecule has 0 atom stereocenters. The van der Waals surface area contributed by atoms with Crippen LogP contribution in [-0.4, -0.2) is 52.1 Å². The van der Waals surface area contributed by atoms with Crippen LogP contribution in [0, 0.1) is 0 Å². The lowest BCUT2D eigenvalue weighted by Gasteiger charge is -2.24. The van der Waals surface area contributed by atoms with Crippen LogP contribution in [0.1, 0.15) is 32.8 Å². The molecule has 7 heteroatoms. The van der Waals surface area contributed by atoms with Crippen molar-refractivity contribution in [1.82, 2.24) is 10.6 Å². The van der Waals surface area contributed by atoms with Gasteiger partial charge < -0.3 is 24.8 Å². The summed E-state index contributed by atoms with van der Waals surface area (Å²) < 4.78 is 16.0. The third kappa shape index (κ3) is 10.8. The predicted molar refractivity (Wildman–Crippen MR) is 118 cm³/mol. The van der Waals surface area contributed by atoms with E-state index in [0.717, 1.165) is 43.5 Å². The molecule has 1 rings (SSSR count). The molecule has 6 nitrogen and oxygen atoms in total. The van der Waals surface area contributed by atoms with Gasteiger partial charge in [-0.15, -0.1) is 24.0 Å². The highest BCUT2D eigenvalue weighted by Crippen LogP contribution is 2.12. The summed E-state index contributed by atoms with van der Waals surface area (Å²) in [5.41, 5.74) is 0.871. The van der Waals surface area contributed by atoms with Crippen molar-refractivity contribution < 1.29 is 14.2 Å². The number of nitrogens with zero attached hydrogens (tertiary/aromatic N) is 1. The van der Waals surface area contributed by atoms with Gasteiger partial charge in [0.05, 0.1) is 19.3 Å². The van der Waals surface area contributed by atoms with Gasteiger partial charge in [0.15, 0.2) is 5.96 Å². The lowest BCUT2D eigenvalue weighted by molar-refractivity contribution is 0.0268. The highest BCUT2D eigenvalue weighted by Gasteiger charge is 2.16. The molecule has 0 unspecified atom stereocenters. The van der Waals surface area contributed by atoms with E-state index in [-0.39, 0.29) is 29.6 Å². The Labute approximate surface area is 175 Å². The number of guanidine groups is 1. The second-order valence-electron chi connectivity index (χ2n) is 6.31. The SMILES string of the molecule is CCOCCCNC(=NCc1ccc(OC)cc1)NCC(C)(C)OC.I. The number of ether oxygens (including phenoxy) is 3. The molecular formula is C19H34IN3O3. The van der Waals surface area contributed by atoms with E-state index in [4.69, 9.17) is 14.2 Å². The van der Waals surface area contributed by atoms with E-state index in [9.17, 15) is 0 Å². The third-order valence-electron chi connectivity index (χ3n) is 3.77. The van der Waals surface area contributed by atoms with Crippen LogP contribution in [0.3, 0.4) is 0 Å². The molecule has 2 N–H and O–H groups in total. The van der Waals surface area contributed by atoms with Gasteiger partial charge in [0.2, 0.25) is 0 Å². The van der Waals surface area contributed by atoms with Gasteiger partial charge in [0.1, 0.15) is 5.75 Å². The summed E-state index contributed by atoms with van der Waals surface area (Å²) >= 11 is 0. The molecule has 0 saturated heterocycles.